The van der Waals surface area contributed by atoms with E-state index in [2.05, 4.69) is 25.4 Å². The van der Waals surface area contributed by atoms with E-state index >= 15 is 0 Å². The highest BCUT2D eigenvalue weighted by Gasteiger charge is 2.20. The van der Waals surface area contributed by atoms with Crippen LogP contribution in [0.15, 0.2) is 24.3 Å². The molecule has 1 fully saturated rings. The van der Waals surface area contributed by atoms with Gasteiger partial charge in [0.05, 0.1) is 6.54 Å². The molecule has 0 saturated heterocycles. The van der Waals surface area contributed by atoms with Crippen LogP contribution in [0.4, 0.5) is 5.69 Å². The lowest BCUT2D eigenvalue weighted by molar-refractivity contribution is -0.115. The van der Waals surface area contributed by atoms with E-state index < -0.39 is 0 Å². The molecule has 1 aliphatic heterocycles. The van der Waals surface area contributed by atoms with Crippen LogP contribution >= 0.6 is 0 Å². The number of fused-ring (bicyclic) bond motifs is 1. The summed E-state index contributed by atoms with van der Waals surface area (Å²) in [6, 6.07) is 7.86. The number of carbonyl (C=O) groups excluding carboxylic acids is 1. The largest absolute Gasteiger partial charge is 0.325 e. The first kappa shape index (κ1) is 15.3. The van der Waals surface area contributed by atoms with Gasteiger partial charge in [-0.2, -0.15) is 0 Å². The van der Waals surface area contributed by atoms with Crippen molar-refractivity contribution in [2.75, 3.05) is 18.4 Å². The smallest absolute Gasteiger partial charge is 0.238 e. The fourth-order valence-electron chi connectivity index (χ4n) is 3.14. The van der Waals surface area contributed by atoms with Crippen LogP contribution in [0.5, 0.6) is 0 Å². The molecular formula is C18H23N5O. The van der Waals surface area contributed by atoms with E-state index in [0.717, 1.165) is 48.3 Å². The van der Waals surface area contributed by atoms with Crippen LogP contribution in [-0.2, 0) is 17.8 Å². The Bertz CT molecular complexity index is 718. The molecule has 1 aromatic heterocycles. The molecule has 1 amide bonds. The molecule has 6 nitrogen and oxygen atoms in total. The number of carbonyl (C=O) groups is 1. The van der Waals surface area contributed by atoms with Gasteiger partial charge in [0.2, 0.25) is 5.91 Å². The van der Waals surface area contributed by atoms with Crippen LogP contribution in [0.1, 0.15) is 31.5 Å². The van der Waals surface area contributed by atoms with Gasteiger partial charge in [0.15, 0.2) is 5.82 Å². The minimum Gasteiger partial charge on any atom is -0.325 e. The van der Waals surface area contributed by atoms with Crippen LogP contribution in [0.3, 0.4) is 0 Å². The van der Waals surface area contributed by atoms with Gasteiger partial charge in [-0.25, -0.2) is 0 Å². The van der Waals surface area contributed by atoms with Crippen molar-refractivity contribution in [3.63, 3.8) is 0 Å². The Morgan fingerprint density at radius 2 is 2.00 bits per heavy atom. The maximum atomic E-state index is 11.9. The molecular weight excluding hydrogens is 302 g/mol. The van der Waals surface area contributed by atoms with E-state index in [-0.39, 0.29) is 5.91 Å². The second-order valence-electron chi connectivity index (χ2n) is 6.75. The number of nitrogens with zero attached hydrogens (tertiary/aromatic N) is 3. The average molecular weight is 325 g/mol. The molecule has 126 valence electrons. The van der Waals surface area contributed by atoms with Gasteiger partial charge in [-0.3, -0.25) is 4.79 Å². The quantitative estimate of drug-likeness (QED) is 0.854. The lowest BCUT2D eigenvalue weighted by atomic mass is 10.1. The molecule has 0 unspecified atom stereocenters. The molecule has 4 rings (SSSR count). The molecule has 0 atom stereocenters. The third-order valence-corrected chi connectivity index (χ3v) is 4.70. The van der Waals surface area contributed by atoms with Crippen molar-refractivity contribution >= 4 is 11.6 Å². The minimum absolute atomic E-state index is 0.00302. The molecule has 1 aromatic carbocycles. The number of aryl methyl sites for hydroxylation is 1. The number of anilines is 1. The zero-order chi connectivity index (χ0) is 16.4. The van der Waals surface area contributed by atoms with Crippen molar-refractivity contribution in [3.8, 4) is 11.4 Å². The maximum Gasteiger partial charge on any atom is 0.238 e. The summed E-state index contributed by atoms with van der Waals surface area (Å²) in [7, 11) is 0. The van der Waals surface area contributed by atoms with Gasteiger partial charge >= 0.3 is 0 Å². The standard InChI is InChI=1S/C18H23N5O/c24-17(12-19-11-13-4-5-13)20-15-8-6-14(7-9-15)18-22-21-16-3-1-2-10-23(16)18/h6-9,13,19H,1-5,10-12H2,(H,20,24). The van der Waals surface area contributed by atoms with E-state index in [1.807, 2.05) is 24.3 Å². The van der Waals surface area contributed by atoms with Crippen molar-refractivity contribution in [1.82, 2.24) is 20.1 Å². The Labute approximate surface area is 141 Å². The Balaban J connectivity index is 1.37. The van der Waals surface area contributed by atoms with Crippen LogP contribution in [0.25, 0.3) is 11.4 Å². The number of hydrogen-bond acceptors (Lipinski definition) is 4. The van der Waals surface area contributed by atoms with E-state index in [4.69, 9.17) is 0 Å². The molecule has 1 aliphatic carbocycles. The van der Waals surface area contributed by atoms with Crippen molar-refractivity contribution < 1.29 is 4.79 Å². The predicted octanol–water partition coefficient (Wildman–Crippen LogP) is 2.22. The third-order valence-electron chi connectivity index (χ3n) is 4.70. The molecule has 24 heavy (non-hydrogen) atoms. The van der Waals surface area contributed by atoms with Gasteiger partial charge in [-0.05, 0) is 62.4 Å². The lowest BCUT2D eigenvalue weighted by Crippen LogP contribution is -2.29. The van der Waals surface area contributed by atoms with Crippen LogP contribution in [0, 0.1) is 5.92 Å². The molecule has 0 spiro atoms. The Morgan fingerprint density at radius 3 is 2.79 bits per heavy atom. The first-order chi connectivity index (χ1) is 11.8. The highest BCUT2D eigenvalue weighted by molar-refractivity contribution is 5.92. The van der Waals surface area contributed by atoms with Crippen LogP contribution in [-0.4, -0.2) is 33.8 Å². The summed E-state index contributed by atoms with van der Waals surface area (Å²) in [5, 5.41) is 14.8. The Kier molecular flexibility index (Phi) is 4.30. The Hall–Kier alpha value is -2.21. The molecule has 2 N–H and O–H groups in total. The summed E-state index contributed by atoms with van der Waals surface area (Å²) >= 11 is 0. The van der Waals surface area contributed by atoms with Gasteiger partial charge < -0.3 is 15.2 Å². The van der Waals surface area contributed by atoms with Gasteiger partial charge in [0, 0.05) is 24.2 Å². The number of rotatable bonds is 6. The van der Waals surface area contributed by atoms with Crippen LogP contribution in [0.2, 0.25) is 0 Å². The van der Waals surface area contributed by atoms with Crippen molar-refractivity contribution in [3.05, 3.63) is 30.1 Å². The number of benzene rings is 1. The summed E-state index contributed by atoms with van der Waals surface area (Å²) in [6.07, 6.45) is 5.97. The number of nitrogens with one attached hydrogen (secondary N) is 2. The molecule has 0 bridgehead atoms. The fraction of sp³-hybridized carbons (Fsp3) is 0.500. The van der Waals surface area contributed by atoms with Crippen molar-refractivity contribution in [2.45, 2.75) is 38.6 Å². The van der Waals surface area contributed by atoms with Gasteiger partial charge in [0.25, 0.3) is 0 Å². The van der Waals surface area contributed by atoms with Crippen molar-refractivity contribution in [2.24, 2.45) is 5.92 Å². The van der Waals surface area contributed by atoms with Crippen LogP contribution < -0.4 is 10.6 Å². The highest BCUT2D eigenvalue weighted by Crippen LogP contribution is 2.27. The molecule has 2 aromatic rings. The molecule has 6 heteroatoms. The van der Waals surface area contributed by atoms with E-state index in [1.54, 1.807) is 0 Å². The second kappa shape index (κ2) is 6.73. The van der Waals surface area contributed by atoms with Gasteiger partial charge in [-0.1, -0.05) is 0 Å². The SMILES string of the molecule is O=C(CNCC1CC1)Nc1ccc(-c2nnc3n2CCCC3)cc1. The summed E-state index contributed by atoms with van der Waals surface area (Å²) in [5.41, 5.74) is 1.86. The zero-order valence-corrected chi connectivity index (χ0v) is 13.8. The number of hydrogen-bond donors (Lipinski definition) is 2. The second-order valence-corrected chi connectivity index (χ2v) is 6.75. The average Bonchev–Trinajstić information content (AvgIpc) is 3.32. The number of amides is 1. The molecule has 0 radical (unpaired) electrons. The first-order valence-electron chi connectivity index (χ1n) is 8.83. The lowest BCUT2D eigenvalue weighted by Gasteiger charge is -2.14. The van der Waals surface area contributed by atoms with Gasteiger partial charge in [-0.15, -0.1) is 10.2 Å². The molecule has 1 saturated carbocycles. The summed E-state index contributed by atoms with van der Waals surface area (Å²) in [6.45, 7) is 2.31. The van der Waals surface area contributed by atoms with Crippen molar-refractivity contribution in [1.29, 1.82) is 0 Å². The van der Waals surface area contributed by atoms with Gasteiger partial charge in [0.1, 0.15) is 5.82 Å². The van der Waals surface area contributed by atoms with E-state index in [9.17, 15) is 4.79 Å². The summed E-state index contributed by atoms with van der Waals surface area (Å²) in [5.74, 6) is 2.79. The topological polar surface area (TPSA) is 71.8 Å². The monoisotopic (exact) mass is 325 g/mol. The predicted molar refractivity (Wildman–Crippen MR) is 92.6 cm³/mol. The fourth-order valence-corrected chi connectivity index (χ4v) is 3.14. The van der Waals surface area contributed by atoms with E-state index in [0.29, 0.717) is 6.54 Å². The summed E-state index contributed by atoms with van der Waals surface area (Å²) < 4.78 is 2.21. The maximum absolute atomic E-state index is 11.9. The highest BCUT2D eigenvalue weighted by atomic mass is 16.1. The minimum atomic E-state index is 0.00302. The molecule has 2 heterocycles. The molecule has 2 aliphatic rings. The number of aromatic nitrogens is 3. The third kappa shape index (κ3) is 3.48. The van der Waals surface area contributed by atoms with E-state index in [1.165, 1.54) is 25.7 Å². The summed E-state index contributed by atoms with van der Waals surface area (Å²) in [4.78, 5) is 11.9. The zero-order valence-electron chi connectivity index (χ0n) is 13.8. The Morgan fingerprint density at radius 1 is 1.17 bits per heavy atom. The first-order valence-corrected chi connectivity index (χ1v) is 8.83. The normalized spacial score (nSPS) is 16.7.